The van der Waals surface area contributed by atoms with Crippen molar-refractivity contribution in [1.82, 2.24) is 10.2 Å². The fourth-order valence-corrected chi connectivity index (χ4v) is 2.63. The van der Waals surface area contributed by atoms with Gasteiger partial charge >= 0.3 is 0 Å². The van der Waals surface area contributed by atoms with Crippen molar-refractivity contribution in [2.45, 2.75) is 45.2 Å². The topological polar surface area (TPSA) is 15.3 Å². The Morgan fingerprint density at radius 1 is 1.46 bits per heavy atom. The van der Waals surface area contributed by atoms with E-state index in [1.807, 2.05) is 0 Å². The van der Waals surface area contributed by atoms with Crippen LogP contribution in [0.15, 0.2) is 0 Å². The summed E-state index contributed by atoms with van der Waals surface area (Å²) in [6.07, 6.45) is 4.21. The Labute approximate surface area is 81.7 Å². The number of hydrogen-bond donors (Lipinski definition) is 1. The molecule has 2 nitrogen and oxygen atoms in total. The van der Waals surface area contributed by atoms with E-state index in [2.05, 4.69) is 24.1 Å². The van der Waals surface area contributed by atoms with E-state index in [0.29, 0.717) is 0 Å². The Kier molecular flexibility index (Phi) is 2.89. The average molecular weight is 182 g/mol. The summed E-state index contributed by atoms with van der Waals surface area (Å²) in [7, 11) is 0. The minimum atomic E-state index is 0.758. The van der Waals surface area contributed by atoms with Gasteiger partial charge in [0.1, 0.15) is 0 Å². The van der Waals surface area contributed by atoms with Crippen molar-refractivity contribution in [1.29, 1.82) is 0 Å². The minimum absolute atomic E-state index is 0.758. The minimum Gasteiger partial charge on any atom is -0.314 e. The third kappa shape index (κ3) is 2.23. The molecule has 0 radical (unpaired) electrons. The molecule has 0 aliphatic carbocycles. The van der Waals surface area contributed by atoms with Crippen LogP contribution in [0.5, 0.6) is 0 Å². The fraction of sp³-hybridized carbons (Fsp3) is 1.00. The first-order valence-electron chi connectivity index (χ1n) is 5.73. The molecule has 76 valence electrons. The highest BCUT2D eigenvalue weighted by molar-refractivity contribution is 4.83. The lowest BCUT2D eigenvalue weighted by Crippen LogP contribution is -2.44. The third-order valence-corrected chi connectivity index (χ3v) is 3.63. The number of hydrogen-bond acceptors (Lipinski definition) is 2. The zero-order valence-electron chi connectivity index (χ0n) is 8.92. The maximum atomic E-state index is 3.53. The van der Waals surface area contributed by atoms with Gasteiger partial charge in [-0.1, -0.05) is 0 Å². The van der Waals surface area contributed by atoms with Crippen LogP contribution in [0.2, 0.25) is 0 Å². The molecule has 2 fully saturated rings. The van der Waals surface area contributed by atoms with Crippen molar-refractivity contribution in [3.63, 3.8) is 0 Å². The molecule has 0 spiro atoms. The molecule has 0 aromatic carbocycles. The smallest absolute Gasteiger partial charge is 0.00700 e. The third-order valence-electron chi connectivity index (χ3n) is 3.63. The van der Waals surface area contributed by atoms with Crippen LogP contribution < -0.4 is 5.32 Å². The van der Waals surface area contributed by atoms with Crippen molar-refractivity contribution >= 4 is 0 Å². The number of nitrogens with zero attached hydrogens (tertiary/aromatic N) is 1. The summed E-state index contributed by atoms with van der Waals surface area (Å²) in [6, 6.07) is 1.58. The van der Waals surface area contributed by atoms with Crippen LogP contribution in [0.4, 0.5) is 0 Å². The molecule has 2 aliphatic rings. The van der Waals surface area contributed by atoms with Gasteiger partial charge in [0.2, 0.25) is 0 Å². The van der Waals surface area contributed by atoms with Crippen molar-refractivity contribution < 1.29 is 0 Å². The van der Waals surface area contributed by atoms with E-state index >= 15 is 0 Å². The van der Waals surface area contributed by atoms with E-state index in [1.165, 1.54) is 38.9 Å². The summed E-state index contributed by atoms with van der Waals surface area (Å²) in [5.74, 6) is 0.936. The molecule has 0 aromatic rings. The van der Waals surface area contributed by atoms with Gasteiger partial charge in [0.25, 0.3) is 0 Å². The van der Waals surface area contributed by atoms with Gasteiger partial charge in [0, 0.05) is 12.1 Å². The van der Waals surface area contributed by atoms with Gasteiger partial charge in [-0.25, -0.2) is 0 Å². The second-order valence-corrected chi connectivity index (χ2v) is 4.89. The zero-order valence-corrected chi connectivity index (χ0v) is 8.92. The lowest BCUT2D eigenvalue weighted by atomic mass is 9.96. The van der Waals surface area contributed by atoms with Crippen molar-refractivity contribution in [3.8, 4) is 0 Å². The van der Waals surface area contributed by atoms with E-state index in [-0.39, 0.29) is 0 Å². The molecule has 1 N–H and O–H groups in total. The molecule has 2 rings (SSSR count). The van der Waals surface area contributed by atoms with Crippen molar-refractivity contribution in [3.05, 3.63) is 0 Å². The Morgan fingerprint density at radius 3 is 2.69 bits per heavy atom. The molecule has 2 saturated heterocycles. The summed E-state index contributed by atoms with van der Waals surface area (Å²) >= 11 is 0. The second kappa shape index (κ2) is 3.97. The largest absolute Gasteiger partial charge is 0.314 e. The van der Waals surface area contributed by atoms with E-state index in [9.17, 15) is 0 Å². The second-order valence-electron chi connectivity index (χ2n) is 4.89. The van der Waals surface area contributed by atoms with Crippen molar-refractivity contribution in [2.24, 2.45) is 5.92 Å². The molecule has 3 unspecified atom stereocenters. The lowest BCUT2D eigenvalue weighted by molar-refractivity contribution is 0.112. The maximum Gasteiger partial charge on any atom is 0.00700 e. The highest BCUT2D eigenvalue weighted by atomic mass is 15.2. The average Bonchev–Trinajstić information content (AvgIpc) is 2.31. The van der Waals surface area contributed by atoms with E-state index in [4.69, 9.17) is 0 Å². The first-order chi connectivity index (χ1) is 6.25. The van der Waals surface area contributed by atoms with Gasteiger partial charge in [-0.05, 0) is 58.7 Å². The SMILES string of the molecule is CC1CC(CC(C)N2CCC2)CN1. The Balaban J connectivity index is 1.71. The molecule has 2 heterocycles. The van der Waals surface area contributed by atoms with Gasteiger partial charge in [0.15, 0.2) is 0 Å². The van der Waals surface area contributed by atoms with E-state index in [0.717, 1.165) is 18.0 Å². The highest BCUT2D eigenvalue weighted by Gasteiger charge is 2.26. The van der Waals surface area contributed by atoms with Crippen LogP contribution in [0.1, 0.15) is 33.1 Å². The normalized spacial score (nSPS) is 37.4. The van der Waals surface area contributed by atoms with Gasteiger partial charge < -0.3 is 10.2 Å². The monoisotopic (exact) mass is 182 g/mol. The van der Waals surface area contributed by atoms with Gasteiger partial charge in [0.05, 0.1) is 0 Å². The molecular weight excluding hydrogens is 160 g/mol. The molecule has 0 bridgehead atoms. The lowest BCUT2D eigenvalue weighted by Gasteiger charge is -2.37. The van der Waals surface area contributed by atoms with Crippen LogP contribution in [0.25, 0.3) is 0 Å². The predicted octanol–water partition coefficient (Wildman–Crippen LogP) is 1.47. The maximum absolute atomic E-state index is 3.53. The Bertz CT molecular complexity index is 165. The van der Waals surface area contributed by atoms with Crippen LogP contribution in [0, 0.1) is 5.92 Å². The van der Waals surface area contributed by atoms with Crippen LogP contribution in [-0.4, -0.2) is 36.6 Å². The molecule has 0 aromatic heterocycles. The first kappa shape index (κ1) is 9.47. The standard InChI is InChI=1S/C11H22N2/c1-9-6-11(8-12-9)7-10(2)13-4-3-5-13/h9-12H,3-8H2,1-2H3. The van der Waals surface area contributed by atoms with Gasteiger partial charge in [-0.2, -0.15) is 0 Å². The molecule has 2 heteroatoms. The first-order valence-corrected chi connectivity index (χ1v) is 5.73. The zero-order chi connectivity index (χ0) is 9.26. The summed E-state index contributed by atoms with van der Waals surface area (Å²) in [4.78, 5) is 2.61. The quantitative estimate of drug-likeness (QED) is 0.711. The van der Waals surface area contributed by atoms with Crippen LogP contribution in [0.3, 0.4) is 0 Å². The summed E-state index contributed by atoms with van der Waals surface area (Å²) in [6.45, 7) is 8.63. The molecule has 0 saturated carbocycles. The Hall–Kier alpha value is -0.0800. The summed E-state index contributed by atoms with van der Waals surface area (Å²) < 4.78 is 0. The van der Waals surface area contributed by atoms with Gasteiger partial charge in [-0.15, -0.1) is 0 Å². The van der Waals surface area contributed by atoms with E-state index in [1.54, 1.807) is 0 Å². The highest BCUT2D eigenvalue weighted by Crippen LogP contribution is 2.23. The predicted molar refractivity (Wildman–Crippen MR) is 55.8 cm³/mol. The molecule has 13 heavy (non-hydrogen) atoms. The molecule has 3 atom stereocenters. The molecule has 2 aliphatic heterocycles. The number of likely N-dealkylation sites (tertiary alicyclic amines) is 1. The van der Waals surface area contributed by atoms with Crippen LogP contribution >= 0.6 is 0 Å². The molecular formula is C11H22N2. The van der Waals surface area contributed by atoms with Gasteiger partial charge in [-0.3, -0.25) is 0 Å². The Morgan fingerprint density at radius 2 is 2.23 bits per heavy atom. The van der Waals surface area contributed by atoms with Crippen molar-refractivity contribution in [2.75, 3.05) is 19.6 Å². The van der Waals surface area contributed by atoms with Crippen LogP contribution in [-0.2, 0) is 0 Å². The number of rotatable bonds is 3. The summed E-state index contributed by atoms with van der Waals surface area (Å²) in [5.41, 5.74) is 0. The number of nitrogens with one attached hydrogen (secondary N) is 1. The molecule has 0 amide bonds. The fourth-order valence-electron chi connectivity index (χ4n) is 2.63. The summed E-state index contributed by atoms with van der Waals surface area (Å²) in [5, 5.41) is 3.53. The van der Waals surface area contributed by atoms with E-state index < -0.39 is 0 Å².